The molecule has 0 amide bonds. The van der Waals surface area contributed by atoms with E-state index in [9.17, 15) is 8.42 Å². The summed E-state index contributed by atoms with van der Waals surface area (Å²) in [6.07, 6.45) is 6.03. The Hall–Kier alpha value is -1.07. The van der Waals surface area contributed by atoms with E-state index in [2.05, 4.69) is 0 Å². The lowest BCUT2D eigenvalue weighted by Crippen LogP contribution is -2.44. The molecule has 2 atom stereocenters. The van der Waals surface area contributed by atoms with Gasteiger partial charge in [-0.15, -0.1) is 0 Å². The minimum absolute atomic E-state index is 0.362. The number of rotatable bonds is 2. The first-order valence-electron chi connectivity index (χ1n) is 7.43. The molecule has 20 heavy (non-hydrogen) atoms. The van der Waals surface area contributed by atoms with Crippen LogP contribution in [0.25, 0.3) is 0 Å². The van der Waals surface area contributed by atoms with Crippen LogP contribution in [0.3, 0.4) is 0 Å². The Bertz CT molecular complexity index is 568. The van der Waals surface area contributed by atoms with E-state index >= 15 is 0 Å². The highest BCUT2D eigenvalue weighted by Crippen LogP contribution is 2.37. The van der Waals surface area contributed by atoms with Gasteiger partial charge in [0.25, 0.3) is 0 Å². The normalized spacial score (nSPS) is 28.0. The Morgan fingerprint density at radius 2 is 1.65 bits per heavy atom. The second-order valence-electron chi connectivity index (χ2n) is 6.03. The first kappa shape index (κ1) is 13.9. The lowest BCUT2D eigenvalue weighted by Gasteiger charge is -2.40. The summed E-state index contributed by atoms with van der Waals surface area (Å²) in [5.74, 6) is 1.29. The van der Waals surface area contributed by atoms with Crippen molar-refractivity contribution in [3.05, 3.63) is 24.3 Å². The maximum Gasteiger partial charge on any atom is 0.243 e. The molecule has 1 aliphatic heterocycles. The van der Waals surface area contributed by atoms with Crippen LogP contribution in [0.4, 0.5) is 5.69 Å². The van der Waals surface area contributed by atoms with Crippen LogP contribution < -0.4 is 5.73 Å². The predicted molar refractivity (Wildman–Crippen MR) is 79.7 cm³/mol. The second kappa shape index (κ2) is 5.37. The molecule has 110 valence electrons. The summed E-state index contributed by atoms with van der Waals surface area (Å²) in [4.78, 5) is 0.362. The summed E-state index contributed by atoms with van der Waals surface area (Å²) in [6.45, 7) is 1.35. The summed E-state index contributed by atoms with van der Waals surface area (Å²) in [7, 11) is -3.35. The van der Waals surface area contributed by atoms with Gasteiger partial charge in [0.05, 0.1) is 4.90 Å². The first-order valence-corrected chi connectivity index (χ1v) is 8.87. The maximum absolute atomic E-state index is 12.7. The van der Waals surface area contributed by atoms with E-state index in [1.54, 1.807) is 28.6 Å². The monoisotopic (exact) mass is 294 g/mol. The number of benzene rings is 1. The standard InChI is InChI=1S/C15H22N2O2S/c16-14-5-7-15(8-6-14)20(18,19)17-10-9-12-3-1-2-4-13(12)11-17/h5-8,12-13H,1-4,9-11,16H2. The van der Waals surface area contributed by atoms with Gasteiger partial charge in [-0.1, -0.05) is 19.3 Å². The van der Waals surface area contributed by atoms with E-state index in [0.29, 0.717) is 29.6 Å². The third-order valence-electron chi connectivity index (χ3n) is 4.77. The van der Waals surface area contributed by atoms with Crippen molar-refractivity contribution >= 4 is 15.7 Å². The van der Waals surface area contributed by atoms with Crippen molar-refractivity contribution in [2.24, 2.45) is 11.8 Å². The van der Waals surface area contributed by atoms with Gasteiger partial charge in [-0.2, -0.15) is 4.31 Å². The van der Waals surface area contributed by atoms with Crippen molar-refractivity contribution in [3.63, 3.8) is 0 Å². The molecule has 4 nitrogen and oxygen atoms in total. The molecule has 2 N–H and O–H groups in total. The van der Waals surface area contributed by atoms with E-state index in [-0.39, 0.29) is 0 Å². The topological polar surface area (TPSA) is 63.4 Å². The van der Waals surface area contributed by atoms with Gasteiger partial charge in [-0.25, -0.2) is 8.42 Å². The number of hydrogen-bond donors (Lipinski definition) is 1. The van der Waals surface area contributed by atoms with Crippen LogP contribution in [-0.4, -0.2) is 25.8 Å². The molecule has 0 bridgehead atoms. The number of nitrogens with zero attached hydrogens (tertiary/aromatic N) is 1. The zero-order chi connectivity index (χ0) is 14.2. The number of piperidine rings is 1. The smallest absolute Gasteiger partial charge is 0.243 e. The van der Waals surface area contributed by atoms with Crippen LogP contribution in [0.5, 0.6) is 0 Å². The third-order valence-corrected chi connectivity index (χ3v) is 6.65. The van der Waals surface area contributed by atoms with Crippen LogP contribution in [0.2, 0.25) is 0 Å². The summed E-state index contributed by atoms with van der Waals surface area (Å²) >= 11 is 0. The molecular weight excluding hydrogens is 272 g/mol. The van der Waals surface area contributed by atoms with Gasteiger partial charge in [0.1, 0.15) is 0 Å². The Balaban J connectivity index is 1.79. The minimum Gasteiger partial charge on any atom is -0.399 e. The Morgan fingerprint density at radius 3 is 2.35 bits per heavy atom. The van der Waals surface area contributed by atoms with Gasteiger partial charge in [-0.3, -0.25) is 0 Å². The molecule has 2 fully saturated rings. The lowest BCUT2D eigenvalue weighted by molar-refractivity contribution is 0.136. The van der Waals surface area contributed by atoms with Gasteiger partial charge in [-0.05, 0) is 48.9 Å². The molecule has 1 saturated heterocycles. The largest absolute Gasteiger partial charge is 0.399 e. The van der Waals surface area contributed by atoms with Gasteiger partial charge in [0, 0.05) is 18.8 Å². The number of fused-ring (bicyclic) bond motifs is 1. The molecule has 1 aromatic rings. The molecule has 0 spiro atoms. The maximum atomic E-state index is 12.7. The summed E-state index contributed by atoms with van der Waals surface area (Å²) in [5.41, 5.74) is 6.22. The fourth-order valence-electron chi connectivity index (χ4n) is 3.57. The van der Waals surface area contributed by atoms with Gasteiger partial charge in [0.15, 0.2) is 0 Å². The van der Waals surface area contributed by atoms with Gasteiger partial charge >= 0.3 is 0 Å². The van der Waals surface area contributed by atoms with Crippen molar-refractivity contribution in [1.82, 2.24) is 4.31 Å². The van der Waals surface area contributed by atoms with E-state index < -0.39 is 10.0 Å². The Labute approximate surface area is 121 Å². The number of hydrogen-bond acceptors (Lipinski definition) is 3. The highest BCUT2D eigenvalue weighted by Gasteiger charge is 2.36. The molecule has 1 aromatic carbocycles. The molecular formula is C15H22N2O2S. The molecule has 1 aliphatic carbocycles. The molecule has 1 saturated carbocycles. The number of nitrogen functional groups attached to an aromatic ring is 1. The number of sulfonamides is 1. The predicted octanol–water partition coefficient (Wildman–Crippen LogP) is 2.47. The van der Waals surface area contributed by atoms with Crippen LogP contribution in [0.15, 0.2) is 29.2 Å². The van der Waals surface area contributed by atoms with Crippen molar-refractivity contribution < 1.29 is 8.42 Å². The third kappa shape index (κ3) is 2.56. The zero-order valence-electron chi connectivity index (χ0n) is 11.7. The number of nitrogens with two attached hydrogens (primary N) is 1. The summed E-state index contributed by atoms with van der Waals surface area (Å²) in [5, 5.41) is 0. The fourth-order valence-corrected chi connectivity index (χ4v) is 5.09. The van der Waals surface area contributed by atoms with Crippen LogP contribution in [0, 0.1) is 11.8 Å². The van der Waals surface area contributed by atoms with E-state index in [1.165, 1.54) is 25.7 Å². The highest BCUT2D eigenvalue weighted by molar-refractivity contribution is 7.89. The van der Waals surface area contributed by atoms with Gasteiger partial charge in [0.2, 0.25) is 10.0 Å². The molecule has 3 rings (SSSR count). The van der Waals surface area contributed by atoms with E-state index in [4.69, 9.17) is 5.73 Å². The van der Waals surface area contributed by atoms with E-state index in [0.717, 1.165) is 12.3 Å². The van der Waals surface area contributed by atoms with E-state index in [1.807, 2.05) is 0 Å². The van der Waals surface area contributed by atoms with Crippen LogP contribution >= 0.6 is 0 Å². The summed E-state index contributed by atoms with van der Waals surface area (Å²) in [6, 6.07) is 6.52. The summed E-state index contributed by atoms with van der Waals surface area (Å²) < 4.78 is 27.0. The quantitative estimate of drug-likeness (QED) is 0.852. The zero-order valence-corrected chi connectivity index (χ0v) is 12.5. The van der Waals surface area contributed by atoms with Crippen molar-refractivity contribution in [2.45, 2.75) is 37.0 Å². The molecule has 2 aliphatic rings. The molecule has 5 heteroatoms. The van der Waals surface area contributed by atoms with Crippen molar-refractivity contribution in [3.8, 4) is 0 Å². The van der Waals surface area contributed by atoms with Crippen molar-refractivity contribution in [2.75, 3.05) is 18.8 Å². The highest BCUT2D eigenvalue weighted by atomic mass is 32.2. The second-order valence-corrected chi connectivity index (χ2v) is 7.96. The van der Waals surface area contributed by atoms with Crippen molar-refractivity contribution in [1.29, 1.82) is 0 Å². The molecule has 2 unspecified atom stereocenters. The molecule has 0 radical (unpaired) electrons. The van der Waals surface area contributed by atoms with Crippen LogP contribution in [0.1, 0.15) is 32.1 Å². The first-order chi connectivity index (χ1) is 9.57. The average molecular weight is 294 g/mol. The fraction of sp³-hybridized carbons (Fsp3) is 0.600. The molecule has 0 aromatic heterocycles. The lowest BCUT2D eigenvalue weighted by atomic mass is 9.76. The number of anilines is 1. The average Bonchev–Trinajstić information content (AvgIpc) is 2.47. The Kier molecular flexibility index (Phi) is 3.73. The van der Waals surface area contributed by atoms with Crippen LogP contribution in [-0.2, 0) is 10.0 Å². The molecule has 1 heterocycles. The minimum atomic E-state index is -3.35. The van der Waals surface area contributed by atoms with Gasteiger partial charge < -0.3 is 5.73 Å². The SMILES string of the molecule is Nc1ccc(S(=O)(=O)N2CCC3CCCCC3C2)cc1. The Morgan fingerprint density at radius 1 is 1.00 bits per heavy atom.